The van der Waals surface area contributed by atoms with Crippen LogP contribution in [0.3, 0.4) is 0 Å². The number of carbonyl (C=O) groups excluding carboxylic acids is 1. The van der Waals surface area contributed by atoms with E-state index in [0.29, 0.717) is 18.1 Å². The van der Waals surface area contributed by atoms with Gasteiger partial charge in [-0.2, -0.15) is 0 Å². The molecule has 0 radical (unpaired) electrons. The van der Waals surface area contributed by atoms with E-state index >= 15 is 0 Å². The van der Waals surface area contributed by atoms with Crippen LogP contribution in [0.4, 0.5) is 5.82 Å². The Kier molecular flexibility index (Phi) is 5.27. The van der Waals surface area contributed by atoms with Crippen molar-refractivity contribution in [1.29, 1.82) is 0 Å². The summed E-state index contributed by atoms with van der Waals surface area (Å²) < 4.78 is 5.59. The summed E-state index contributed by atoms with van der Waals surface area (Å²) in [7, 11) is 0. The van der Waals surface area contributed by atoms with E-state index < -0.39 is 6.10 Å². The van der Waals surface area contributed by atoms with Crippen LogP contribution in [0.2, 0.25) is 0 Å². The summed E-state index contributed by atoms with van der Waals surface area (Å²) in [5, 5.41) is 2.99. The molecule has 1 aliphatic heterocycles. The number of amides is 1. The van der Waals surface area contributed by atoms with Crippen LogP contribution in [0, 0.1) is 0 Å². The van der Waals surface area contributed by atoms with Crippen molar-refractivity contribution in [2.45, 2.75) is 31.9 Å². The van der Waals surface area contributed by atoms with Crippen molar-refractivity contribution in [3.8, 4) is 5.75 Å². The number of pyridine rings is 1. The number of ether oxygens (including phenoxy) is 1. The van der Waals surface area contributed by atoms with Crippen molar-refractivity contribution >= 4 is 11.7 Å². The third-order valence-corrected chi connectivity index (χ3v) is 4.07. The van der Waals surface area contributed by atoms with Gasteiger partial charge in [0, 0.05) is 37.7 Å². The number of anilines is 1. The smallest absolute Gasteiger partial charge is 0.290 e. The van der Waals surface area contributed by atoms with E-state index in [2.05, 4.69) is 20.3 Å². The molecule has 2 unspecified atom stereocenters. The van der Waals surface area contributed by atoms with Gasteiger partial charge in [0.2, 0.25) is 0 Å². The SMILES string of the molecule is CC(Oc1cccnc1)C(=O)NC1CCCN(c2ncc[nH]c2=O)C1. The zero-order chi connectivity index (χ0) is 17.6. The van der Waals surface area contributed by atoms with E-state index in [1.807, 2.05) is 4.90 Å². The van der Waals surface area contributed by atoms with Gasteiger partial charge in [-0.3, -0.25) is 14.6 Å². The molecule has 2 atom stereocenters. The number of piperidine rings is 1. The Hall–Kier alpha value is -2.90. The van der Waals surface area contributed by atoms with E-state index in [1.54, 1.807) is 37.6 Å². The number of aromatic amines is 1. The van der Waals surface area contributed by atoms with E-state index in [9.17, 15) is 9.59 Å². The van der Waals surface area contributed by atoms with E-state index in [4.69, 9.17) is 4.74 Å². The van der Waals surface area contributed by atoms with Crippen molar-refractivity contribution in [2.75, 3.05) is 18.0 Å². The number of aromatic nitrogens is 3. The molecule has 2 aromatic rings. The van der Waals surface area contributed by atoms with Gasteiger partial charge in [-0.25, -0.2) is 4.98 Å². The Morgan fingerprint density at radius 1 is 1.48 bits per heavy atom. The summed E-state index contributed by atoms with van der Waals surface area (Å²) in [5.41, 5.74) is -0.220. The zero-order valence-electron chi connectivity index (χ0n) is 14.0. The lowest BCUT2D eigenvalue weighted by Gasteiger charge is -2.33. The highest BCUT2D eigenvalue weighted by atomic mass is 16.5. The number of hydrogen-bond acceptors (Lipinski definition) is 6. The number of hydrogen-bond donors (Lipinski definition) is 2. The van der Waals surface area contributed by atoms with Crippen molar-refractivity contribution in [1.82, 2.24) is 20.3 Å². The fourth-order valence-electron chi connectivity index (χ4n) is 2.85. The number of carbonyl (C=O) groups is 1. The lowest BCUT2D eigenvalue weighted by atomic mass is 10.1. The molecule has 1 fully saturated rings. The summed E-state index contributed by atoms with van der Waals surface area (Å²) in [6.45, 7) is 2.99. The van der Waals surface area contributed by atoms with E-state index in [1.165, 1.54) is 6.20 Å². The topological polar surface area (TPSA) is 100 Å². The van der Waals surface area contributed by atoms with Crippen LogP contribution < -0.4 is 20.5 Å². The predicted octanol–water partition coefficient (Wildman–Crippen LogP) is 0.717. The fourth-order valence-corrected chi connectivity index (χ4v) is 2.85. The van der Waals surface area contributed by atoms with Gasteiger partial charge in [0.1, 0.15) is 5.75 Å². The molecule has 2 N–H and O–H groups in total. The first-order valence-corrected chi connectivity index (χ1v) is 8.29. The number of nitrogens with zero attached hydrogens (tertiary/aromatic N) is 3. The molecule has 0 saturated carbocycles. The number of rotatable bonds is 5. The monoisotopic (exact) mass is 343 g/mol. The van der Waals surface area contributed by atoms with Crippen LogP contribution in [-0.4, -0.2) is 46.1 Å². The van der Waals surface area contributed by atoms with Crippen molar-refractivity contribution in [2.24, 2.45) is 0 Å². The molecular formula is C17H21N5O3. The van der Waals surface area contributed by atoms with Crippen LogP contribution in [0.15, 0.2) is 41.7 Å². The van der Waals surface area contributed by atoms with E-state index in [-0.39, 0.29) is 17.5 Å². The Bertz CT molecular complexity index is 764. The third-order valence-electron chi connectivity index (χ3n) is 4.07. The minimum absolute atomic E-state index is 0.0531. The highest BCUT2D eigenvalue weighted by Gasteiger charge is 2.25. The van der Waals surface area contributed by atoms with Crippen molar-refractivity contribution in [3.63, 3.8) is 0 Å². The minimum Gasteiger partial charge on any atom is -0.479 e. The molecule has 8 heteroatoms. The maximum absolute atomic E-state index is 12.4. The molecule has 25 heavy (non-hydrogen) atoms. The molecule has 8 nitrogen and oxygen atoms in total. The lowest BCUT2D eigenvalue weighted by Crippen LogP contribution is -2.51. The third kappa shape index (κ3) is 4.34. The van der Waals surface area contributed by atoms with Crippen molar-refractivity contribution in [3.05, 3.63) is 47.3 Å². The summed E-state index contributed by atoms with van der Waals surface area (Å²) in [5.74, 6) is 0.752. The summed E-state index contributed by atoms with van der Waals surface area (Å²) in [6.07, 6.45) is 7.38. The Morgan fingerprint density at radius 3 is 3.12 bits per heavy atom. The number of nitrogens with one attached hydrogen (secondary N) is 2. The first-order valence-electron chi connectivity index (χ1n) is 8.29. The molecule has 1 saturated heterocycles. The second-order valence-electron chi connectivity index (χ2n) is 5.98. The first kappa shape index (κ1) is 16.9. The fraction of sp³-hybridized carbons (Fsp3) is 0.412. The maximum atomic E-state index is 12.4. The normalized spacial score (nSPS) is 18.4. The van der Waals surface area contributed by atoms with Gasteiger partial charge in [-0.15, -0.1) is 0 Å². The van der Waals surface area contributed by atoms with Crippen LogP contribution in [0.25, 0.3) is 0 Å². The number of H-pyrrole nitrogens is 1. The Balaban J connectivity index is 1.58. The van der Waals surface area contributed by atoms with Crippen LogP contribution >= 0.6 is 0 Å². The maximum Gasteiger partial charge on any atom is 0.290 e. The molecule has 2 aromatic heterocycles. The zero-order valence-corrected chi connectivity index (χ0v) is 14.0. The van der Waals surface area contributed by atoms with E-state index in [0.717, 1.165) is 19.4 Å². The molecule has 132 valence electrons. The molecule has 0 aliphatic carbocycles. The molecule has 1 aliphatic rings. The average Bonchev–Trinajstić information content (AvgIpc) is 2.63. The van der Waals surface area contributed by atoms with Gasteiger partial charge >= 0.3 is 0 Å². The second kappa shape index (κ2) is 7.78. The van der Waals surface area contributed by atoms with Gasteiger partial charge in [0.15, 0.2) is 11.9 Å². The predicted molar refractivity (Wildman–Crippen MR) is 92.6 cm³/mol. The minimum atomic E-state index is -0.627. The molecule has 0 aromatic carbocycles. The molecule has 3 rings (SSSR count). The summed E-state index contributed by atoms with van der Waals surface area (Å²) in [4.78, 5) is 36.9. The quantitative estimate of drug-likeness (QED) is 0.830. The Morgan fingerprint density at radius 2 is 2.36 bits per heavy atom. The van der Waals surface area contributed by atoms with Crippen molar-refractivity contribution < 1.29 is 9.53 Å². The standard InChI is InChI=1S/C17H21N5O3/c1-12(25-14-5-2-6-18-10-14)16(23)21-13-4-3-9-22(11-13)15-17(24)20-8-7-19-15/h2,5-8,10,12-13H,3-4,9,11H2,1H3,(H,20,24)(H,21,23). The van der Waals surface area contributed by atoms with Gasteiger partial charge in [0.05, 0.1) is 6.20 Å². The van der Waals surface area contributed by atoms with Crippen LogP contribution in [-0.2, 0) is 4.79 Å². The van der Waals surface area contributed by atoms with Gasteiger partial charge in [0.25, 0.3) is 11.5 Å². The summed E-state index contributed by atoms with van der Waals surface area (Å²) in [6, 6.07) is 3.46. The lowest BCUT2D eigenvalue weighted by molar-refractivity contribution is -0.128. The molecular weight excluding hydrogens is 322 g/mol. The highest BCUT2D eigenvalue weighted by molar-refractivity contribution is 5.81. The van der Waals surface area contributed by atoms with Crippen LogP contribution in [0.5, 0.6) is 5.75 Å². The highest BCUT2D eigenvalue weighted by Crippen LogP contribution is 2.15. The van der Waals surface area contributed by atoms with Crippen LogP contribution in [0.1, 0.15) is 19.8 Å². The Labute approximate surface area is 145 Å². The molecule has 0 spiro atoms. The second-order valence-corrected chi connectivity index (χ2v) is 5.98. The van der Waals surface area contributed by atoms with Gasteiger partial charge in [-0.05, 0) is 31.9 Å². The molecule has 0 bridgehead atoms. The molecule has 3 heterocycles. The summed E-state index contributed by atoms with van der Waals surface area (Å²) >= 11 is 0. The molecule has 1 amide bonds. The first-order chi connectivity index (χ1) is 12.1. The van der Waals surface area contributed by atoms with Gasteiger partial charge in [-0.1, -0.05) is 0 Å². The average molecular weight is 343 g/mol. The van der Waals surface area contributed by atoms with Gasteiger partial charge < -0.3 is 19.9 Å². The largest absolute Gasteiger partial charge is 0.479 e.